The third-order valence-corrected chi connectivity index (χ3v) is 2.40. The van der Waals surface area contributed by atoms with Crippen molar-refractivity contribution >= 4 is 0 Å². The van der Waals surface area contributed by atoms with E-state index in [9.17, 15) is 0 Å². The molecule has 0 bridgehead atoms. The first-order valence-corrected chi connectivity index (χ1v) is 4.67. The van der Waals surface area contributed by atoms with E-state index < -0.39 is 0 Å². The lowest BCUT2D eigenvalue weighted by atomic mass is 10.1. The average Bonchev–Trinajstić information content (AvgIpc) is 2.31. The molecule has 0 saturated heterocycles. The monoisotopic (exact) mass is 156 g/mol. The first-order valence-electron chi connectivity index (χ1n) is 4.67. The van der Waals surface area contributed by atoms with Crippen molar-refractivity contribution in [3.8, 4) is 0 Å². The van der Waals surface area contributed by atoms with Gasteiger partial charge in [0.2, 0.25) is 0 Å². The SMILES string of the molecule is CC(C)NC[C@@H]1CC[C@H](N)C1. The van der Waals surface area contributed by atoms with Crippen molar-refractivity contribution in [2.45, 2.75) is 45.2 Å². The fourth-order valence-corrected chi connectivity index (χ4v) is 1.70. The van der Waals surface area contributed by atoms with Crippen molar-refractivity contribution in [2.75, 3.05) is 6.54 Å². The minimum Gasteiger partial charge on any atom is -0.328 e. The van der Waals surface area contributed by atoms with Crippen LogP contribution < -0.4 is 11.1 Å². The Hall–Kier alpha value is -0.0800. The van der Waals surface area contributed by atoms with Gasteiger partial charge in [0, 0.05) is 12.1 Å². The molecule has 0 aliphatic heterocycles. The van der Waals surface area contributed by atoms with Crippen LogP contribution in [0.5, 0.6) is 0 Å². The van der Waals surface area contributed by atoms with E-state index in [0.717, 1.165) is 12.5 Å². The zero-order valence-electron chi connectivity index (χ0n) is 7.64. The highest BCUT2D eigenvalue weighted by Gasteiger charge is 2.20. The Bertz CT molecular complexity index is 112. The second kappa shape index (κ2) is 4.07. The largest absolute Gasteiger partial charge is 0.328 e. The lowest BCUT2D eigenvalue weighted by Gasteiger charge is -2.13. The van der Waals surface area contributed by atoms with Crippen LogP contribution in [-0.2, 0) is 0 Å². The van der Waals surface area contributed by atoms with E-state index in [-0.39, 0.29) is 0 Å². The highest BCUT2D eigenvalue weighted by molar-refractivity contribution is 4.79. The minimum absolute atomic E-state index is 0.481. The number of nitrogens with one attached hydrogen (secondary N) is 1. The van der Waals surface area contributed by atoms with Crippen LogP contribution in [-0.4, -0.2) is 18.6 Å². The van der Waals surface area contributed by atoms with Gasteiger partial charge in [-0.3, -0.25) is 0 Å². The molecule has 0 heterocycles. The Kier molecular flexibility index (Phi) is 3.34. The van der Waals surface area contributed by atoms with E-state index >= 15 is 0 Å². The van der Waals surface area contributed by atoms with Crippen LogP contribution in [0.3, 0.4) is 0 Å². The van der Waals surface area contributed by atoms with Crippen molar-refractivity contribution in [3.63, 3.8) is 0 Å². The lowest BCUT2D eigenvalue weighted by Crippen LogP contribution is -2.28. The molecule has 0 radical (unpaired) electrons. The van der Waals surface area contributed by atoms with Gasteiger partial charge in [-0.05, 0) is 31.7 Å². The van der Waals surface area contributed by atoms with Gasteiger partial charge in [-0.1, -0.05) is 13.8 Å². The van der Waals surface area contributed by atoms with Gasteiger partial charge < -0.3 is 11.1 Å². The van der Waals surface area contributed by atoms with Crippen molar-refractivity contribution < 1.29 is 0 Å². The van der Waals surface area contributed by atoms with Gasteiger partial charge >= 0.3 is 0 Å². The lowest BCUT2D eigenvalue weighted by molar-refractivity contribution is 0.454. The third kappa shape index (κ3) is 3.21. The van der Waals surface area contributed by atoms with Gasteiger partial charge in [-0.15, -0.1) is 0 Å². The smallest absolute Gasteiger partial charge is 0.00420 e. The molecule has 1 aliphatic rings. The topological polar surface area (TPSA) is 38.0 Å². The molecule has 2 heteroatoms. The normalized spacial score (nSPS) is 31.6. The molecule has 0 spiro atoms. The Morgan fingerprint density at radius 2 is 2.18 bits per heavy atom. The molecule has 0 amide bonds. The Balaban J connectivity index is 2.08. The highest BCUT2D eigenvalue weighted by atomic mass is 14.9. The van der Waals surface area contributed by atoms with Gasteiger partial charge in [-0.2, -0.15) is 0 Å². The van der Waals surface area contributed by atoms with Crippen LogP contribution in [0.4, 0.5) is 0 Å². The van der Waals surface area contributed by atoms with Crippen molar-refractivity contribution in [2.24, 2.45) is 11.7 Å². The Labute approximate surface area is 69.5 Å². The Morgan fingerprint density at radius 3 is 2.64 bits per heavy atom. The van der Waals surface area contributed by atoms with Crippen LogP contribution in [0.1, 0.15) is 33.1 Å². The molecule has 0 aromatic rings. The van der Waals surface area contributed by atoms with Crippen molar-refractivity contribution in [1.29, 1.82) is 0 Å². The molecule has 2 nitrogen and oxygen atoms in total. The average molecular weight is 156 g/mol. The van der Waals surface area contributed by atoms with Gasteiger partial charge in [-0.25, -0.2) is 0 Å². The predicted molar refractivity (Wildman–Crippen MR) is 48.5 cm³/mol. The number of rotatable bonds is 3. The molecule has 11 heavy (non-hydrogen) atoms. The third-order valence-electron chi connectivity index (χ3n) is 2.40. The van der Waals surface area contributed by atoms with Gasteiger partial charge in [0.25, 0.3) is 0 Å². The molecule has 66 valence electrons. The quantitative estimate of drug-likeness (QED) is 0.642. The fourth-order valence-electron chi connectivity index (χ4n) is 1.70. The predicted octanol–water partition coefficient (Wildman–Crippen LogP) is 1.11. The molecular formula is C9H20N2. The maximum atomic E-state index is 5.80. The maximum absolute atomic E-state index is 5.80. The van der Waals surface area contributed by atoms with E-state index in [2.05, 4.69) is 19.2 Å². The molecule has 0 aromatic heterocycles. The zero-order valence-corrected chi connectivity index (χ0v) is 7.64. The molecule has 0 aromatic carbocycles. The summed E-state index contributed by atoms with van der Waals surface area (Å²) in [6.07, 6.45) is 3.77. The van der Waals surface area contributed by atoms with Gasteiger partial charge in [0.1, 0.15) is 0 Å². The van der Waals surface area contributed by atoms with Crippen LogP contribution in [0.2, 0.25) is 0 Å². The van der Waals surface area contributed by atoms with Gasteiger partial charge in [0.15, 0.2) is 0 Å². The van der Waals surface area contributed by atoms with Crippen LogP contribution in [0, 0.1) is 5.92 Å². The molecule has 3 N–H and O–H groups in total. The second-order valence-electron chi connectivity index (χ2n) is 4.00. The maximum Gasteiger partial charge on any atom is 0.00420 e. The second-order valence-corrected chi connectivity index (χ2v) is 4.00. The summed E-state index contributed by atoms with van der Waals surface area (Å²) in [5, 5.41) is 3.45. The molecule has 1 aliphatic carbocycles. The van der Waals surface area contributed by atoms with Crippen LogP contribution in [0.25, 0.3) is 0 Å². The summed E-state index contributed by atoms with van der Waals surface area (Å²) < 4.78 is 0. The summed E-state index contributed by atoms with van der Waals surface area (Å²) in [5.74, 6) is 0.840. The van der Waals surface area contributed by atoms with Gasteiger partial charge in [0.05, 0.1) is 0 Å². The van der Waals surface area contributed by atoms with E-state index in [0.29, 0.717) is 12.1 Å². The summed E-state index contributed by atoms with van der Waals surface area (Å²) in [5.41, 5.74) is 5.80. The van der Waals surface area contributed by atoms with Crippen molar-refractivity contribution in [3.05, 3.63) is 0 Å². The zero-order chi connectivity index (χ0) is 8.27. The van der Waals surface area contributed by atoms with Crippen LogP contribution >= 0.6 is 0 Å². The molecule has 1 fully saturated rings. The molecular weight excluding hydrogens is 136 g/mol. The fraction of sp³-hybridized carbons (Fsp3) is 1.00. The summed E-state index contributed by atoms with van der Waals surface area (Å²) in [6.45, 7) is 5.54. The number of hydrogen-bond donors (Lipinski definition) is 2. The summed E-state index contributed by atoms with van der Waals surface area (Å²) in [7, 11) is 0. The van der Waals surface area contributed by atoms with Crippen molar-refractivity contribution in [1.82, 2.24) is 5.32 Å². The molecule has 0 unspecified atom stereocenters. The van der Waals surface area contributed by atoms with E-state index in [4.69, 9.17) is 5.73 Å². The number of nitrogens with two attached hydrogens (primary N) is 1. The molecule has 1 saturated carbocycles. The first kappa shape index (κ1) is 9.01. The molecule has 2 atom stereocenters. The van der Waals surface area contributed by atoms with E-state index in [1.165, 1.54) is 19.3 Å². The van der Waals surface area contributed by atoms with Crippen LogP contribution in [0.15, 0.2) is 0 Å². The highest BCUT2D eigenvalue weighted by Crippen LogP contribution is 2.23. The summed E-state index contributed by atoms with van der Waals surface area (Å²) >= 11 is 0. The summed E-state index contributed by atoms with van der Waals surface area (Å²) in [6, 6.07) is 1.10. The van der Waals surface area contributed by atoms with E-state index in [1.54, 1.807) is 0 Å². The minimum atomic E-state index is 0.481. The van der Waals surface area contributed by atoms with E-state index in [1.807, 2.05) is 0 Å². The standard InChI is InChI=1S/C9H20N2/c1-7(2)11-6-8-3-4-9(10)5-8/h7-9,11H,3-6,10H2,1-2H3/t8-,9+/m1/s1. The number of hydrogen-bond acceptors (Lipinski definition) is 2. The summed E-state index contributed by atoms with van der Waals surface area (Å²) in [4.78, 5) is 0. The Morgan fingerprint density at radius 1 is 1.45 bits per heavy atom. The first-order chi connectivity index (χ1) is 5.18. The molecule has 1 rings (SSSR count).